The van der Waals surface area contributed by atoms with Crippen LogP contribution >= 0.6 is 0 Å². The van der Waals surface area contributed by atoms with Crippen LogP contribution in [0.1, 0.15) is 29.8 Å². The number of amides is 1. The number of methoxy groups -OCH3 is 1. The maximum absolute atomic E-state index is 12.4. The lowest BCUT2D eigenvalue weighted by molar-refractivity contribution is 0.0948. The maximum Gasteiger partial charge on any atom is 0.251 e. The van der Waals surface area contributed by atoms with Gasteiger partial charge in [-0.3, -0.25) is 4.79 Å². The molecule has 8 heteroatoms. The summed E-state index contributed by atoms with van der Waals surface area (Å²) in [7, 11) is -2.16. The Balaban J connectivity index is 2.81. The third-order valence-electron chi connectivity index (χ3n) is 3.97. The third kappa shape index (κ3) is 6.74. The molecule has 0 fully saturated rings. The van der Waals surface area contributed by atoms with Crippen molar-refractivity contribution in [3.8, 4) is 0 Å². The van der Waals surface area contributed by atoms with Gasteiger partial charge in [-0.25, -0.2) is 13.1 Å². The summed E-state index contributed by atoms with van der Waals surface area (Å²) in [5.41, 5.74) is 1.10. The van der Waals surface area contributed by atoms with Crippen molar-refractivity contribution in [2.24, 2.45) is 0 Å². The minimum atomic E-state index is -3.67. The summed E-state index contributed by atoms with van der Waals surface area (Å²) >= 11 is 0. The first-order valence-corrected chi connectivity index (χ1v) is 9.93. The molecule has 1 amide bonds. The molecule has 25 heavy (non-hydrogen) atoms. The van der Waals surface area contributed by atoms with Gasteiger partial charge in [-0.1, -0.05) is 19.9 Å². The van der Waals surface area contributed by atoms with E-state index >= 15 is 0 Å². The zero-order valence-electron chi connectivity index (χ0n) is 15.5. The number of carbonyl (C=O) groups is 1. The number of hydrogen-bond acceptors (Lipinski definition) is 5. The van der Waals surface area contributed by atoms with Gasteiger partial charge in [-0.15, -0.1) is 0 Å². The number of carbonyl (C=O) groups excluding carboxylic acids is 1. The van der Waals surface area contributed by atoms with Crippen molar-refractivity contribution in [2.75, 3.05) is 46.4 Å². The average Bonchev–Trinajstić information content (AvgIpc) is 2.59. The molecule has 0 aliphatic rings. The van der Waals surface area contributed by atoms with Crippen molar-refractivity contribution in [1.82, 2.24) is 14.9 Å². The van der Waals surface area contributed by atoms with E-state index in [2.05, 4.69) is 28.8 Å². The summed E-state index contributed by atoms with van der Waals surface area (Å²) in [6.07, 6.45) is 0. The molecule has 0 saturated heterocycles. The molecule has 0 aromatic heterocycles. The summed E-state index contributed by atoms with van der Waals surface area (Å²) in [5.74, 6) is -0.265. The topological polar surface area (TPSA) is 87.7 Å². The van der Waals surface area contributed by atoms with E-state index < -0.39 is 10.0 Å². The van der Waals surface area contributed by atoms with Crippen molar-refractivity contribution in [3.63, 3.8) is 0 Å². The lowest BCUT2D eigenvalue weighted by atomic mass is 10.1. The van der Waals surface area contributed by atoms with Crippen LogP contribution in [-0.4, -0.2) is 65.7 Å². The number of ether oxygens (including phenoxy) is 1. The lowest BCUT2D eigenvalue weighted by Gasteiger charge is -2.18. The largest absolute Gasteiger partial charge is 0.383 e. The number of aryl methyl sites for hydroxylation is 1. The molecule has 2 N–H and O–H groups in total. The first-order chi connectivity index (χ1) is 11.9. The van der Waals surface area contributed by atoms with Crippen LogP contribution in [0.4, 0.5) is 0 Å². The van der Waals surface area contributed by atoms with Crippen LogP contribution in [0.5, 0.6) is 0 Å². The Morgan fingerprint density at radius 3 is 2.48 bits per heavy atom. The highest BCUT2D eigenvalue weighted by molar-refractivity contribution is 7.89. The Morgan fingerprint density at radius 1 is 1.20 bits per heavy atom. The summed E-state index contributed by atoms with van der Waals surface area (Å²) < 4.78 is 31.8. The number of sulfonamides is 1. The molecule has 0 bridgehead atoms. The van der Waals surface area contributed by atoms with Gasteiger partial charge >= 0.3 is 0 Å². The highest BCUT2D eigenvalue weighted by Crippen LogP contribution is 2.15. The number of nitrogens with zero attached hydrogens (tertiary/aromatic N) is 1. The van der Waals surface area contributed by atoms with Crippen LogP contribution in [0.3, 0.4) is 0 Å². The number of likely N-dealkylation sites (N-methyl/N-ethyl adjacent to an activating group) is 1. The highest BCUT2D eigenvalue weighted by Gasteiger charge is 2.17. The van der Waals surface area contributed by atoms with Crippen molar-refractivity contribution < 1.29 is 17.9 Å². The number of benzene rings is 1. The predicted octanol–water partition coefficient (Wildman–Crippen LogP) is 0.991. The molecule has 142 valence electrons. The normalized spacial score (nSPS) is 11.7. The second-order valence-corrected chi connectivity index (χ2v) is 7.42. The Bertz CT molecular complexity index is 658. The summed E-state index contributed by atoms with van der Waals surface area (Å²) in [6, 6.07) is 4.55. The molecule has 1 aromatic rings. The van der Waals surface area contributed by atoms with Crippen molar-refractivity contribution >= 4 is 15.9 Å². The van der Waals surface area contributed by atoms with E-state index in [1.54, 1.807) is 13.0 Å². The van der Waals surface area contributed by atoms with E-state index in [1.807, 2.05) is 0 Å². The van der Waals surface area contributed by atoms with Crippen LogP contribution < -0.4 is 10.0 Å². The van der Waals surface area contributed by atoms with Crippen LogP contribution in [0.25, 0.3) is 0 Å². The third-order valence-corrected chi connectivity index (χ3v) is 5.43. The molecule has 0 aliphatic carbocycles. The molecule has 0 saturated carbocycles. The molecule has 0 heterocycles. The standard InChI is InChI=1S/C17H29N3O4S/c1-5-20(6-2)11-9-18-17(21)16-13-15(8-7-14(16)3)25(22,23)19-10-12-24-4/h7-8,13,19H,5-6,9-12H2,1-4H3,(H,18,21). The minimum Gasteiger partial charge on any atom is -0.383 e. The molecule has 0 atom stereocenters. The van der Waals surface area contributed by atoms with E-state index in [4.69, 9.17) is 4.74 Å². The lowest BCUT2D eigenvalue weighted by Crippen LogP contribution is -2.35. The summed E-state index contributed by atoms with van der Waals surface area (Å²) in [6.45, 7) is 9.51. The molecule has 7 nitrogen and oxygen atoms in total. The second-order valence-electron chi connectivity index (χ2n) is 5.65. The summed E-state index contributed by atoms with van der Waals surface area (Å²) in [4.78, 5) is 14.7. The van der Waals surface area contributed by atoms with Crippen LogP contribution in [-0.2, 0) is 14.8 Å². The smallest absolute Gasteiger partial charge is 0.251 e. The Kier molecular flexibility index (Phi) is 9.05. The monoisotopic (exact) mass is 371 g/mol. The van der Waals surface area contributed by atoms with Gasteiger partial charge in [0.1, 0.15) is 0 Å². The fraction of sp³-hybridized carbons (Fsp3) is 0.588. The molecule has 0 radical (unpaired) electrons. The molecule has 0 aliphatic heterocycles. The molecule has 1 rings (SSSR count). The van der Waals surface area contributed by atoms with Gasteiger partial charge in [0.25, 0.3) is 5.91 Å². The van der Waals surface area contributed by atoms with Gasteiger partial charge < -0.3 is 15.0 Å². The predicted molar refractivity (Wildman–Crippen MR) is 98.4 cm³/mol. The van der Waals surface area contributed by atoms with E-state index in [9.17, 15) is 13.2 Å². The van der Waals surface area contributed by atoms with Crippen LogP contribution in [0, 0.1) is 6.92 Å². The number of rotatable bonds is 11. The van der Waals surface area contributed by atoms with Crippen molar-refractivity contribution in [1.29, 1.82) is 0 Å². The average molecular weight is 372 g/mol. The van der Waals surface area contributed by atoms with Crippen LogP contribution in [0.2, 0.25) is 0 Å². The summed E-state index contributed by atoms with van der Waals surface area (Å²) in [5, 5.41) is 2.85. The fourth-order valence-corrected chi connectivity index (χ4v) is 3.38. The number of nitrogens with one attached hydrogen (secondary N) is 2. The van der Waals surface area contributed by atoms with E-state index in [0.29, 0.717) is 12.1 Å². The van der Waals surface area contributed by atoms with E-state index in [-0.39, 0.29) is 24.0 Å². The van der Waals surface area contributed by atoms with Gasteiger partial charge in [-0.2, -0.15) is 0 Å². The van der Waals surface area contributed by atoms with Gasteiger partial charge in [0.2, 0.25) is 10.0 Å². The zero-order valence-corrected chi connectivity index (χ0v) is 16.3. The van der Waals surface area contributed by atoms with Gasteiger partial charge in [0.05, 0.1) is 11.5 Å². The second kappa shape index (κ2) is 10.5. The van der Waals surface area contributed by atoms with Gasteiger partial charge in [0, 0.05) is 32.3 Å². The zero-order chi connectivity index (χ0) is 18.9. The number of hydrogen-bond donors (Lipinski definition) is 2. The minimum absolute atomic E-state index is 0.0723. The van der Waals surface area contributed by atoms with Gasteiger partial charge in [-0.05, 0) is 37.7 Å². The Labute approximate surface area is 150 Å². The first-order valence-electron chi connectivity index (χ1n) is 8.45. The van der Waals surface area contributed by atoms with E-state index in [0.717, 1.165) is 25.2 Å². The highest BCUT2D eigenvalue weighted by atomic mass is 32.2. The van der Waals surface area contributed by atoms with E-state index in [1.165, 1.54) is 19.2 Å². The quantitative estimate of drug-likeness (QED) is 0.567. The molecular weight excluding hydrogens is 342 g/mol. The maximum atomic E-state index is 12.4. The van der Waals surface area contributed by atoms with Gasteiger partial charge in [0.15, 0.2) is 0 Å². The fourth-order valence-electron chi connectivity index (χ4n) is 2.34. The molecule has 0 spiro atoms. The molecular formula is C17H29N3O4S. The molecule has 0 unspecified atom stereocenters. The Hall–Kier alpha value is -1.48. The molecule has 1 aromatic carbocycles. The SMILES string of the molecule is CCN(CC)CCNC(=O)c1cc(S(=O)(=O)NCCOC)ccc1C. The first kappa shape index (κ1) is 21.6. The Morgan fingerprint density at radius 2 is 1.88 bits per heavy atom. The van der Waals surface area contributed by atoms with Crippen molar-refractivity contribution in [2.45, 2.75) is 25.7 Å². The van der Waals surface area contributed by atoms with Crippen LogP contribution in [0.15, 0.2) is 23.1 Å². The van der Waals surface area contributed by atoms with Crippen molar-refractivity contribution in [3.05, 3.63) is 29.3 Å².